The molecule has 0 aromatic heterocycles. The van der Waals surface area contributed by atoms with Crippen molar-refractivity contribution in [1.29, 1.82) is 0 Å². The molecule has 0 aliphatic carbocycles. The number of nitrogens with zero attached hydrogens (tertiary/aromatic N) is 3. The van der Waals surface area contributed by atoms with Gasteiger partial charge in [0.1, 0.15) is 0 Å². The van der Waals surface area contributed by atoms with E-state index in [1.165, 1.54) is 0 Å². The van der Waals surface area contributed by atoms with Gasteiger partial charge in [-0.25, -0.2) is 0 Å². The van der Waals surface area contributed by atoms with Crippen molar-refractivity contribution < 1.29 is 47.5 Å². The number of hydrogen-bond donors (Lipinski definition) is 0. The average molecular weight is 357 g/mol. The molecule has 0 spiro atoms. The molecular formula is C12H36BrClFN3. The molecule has 0 aromatic carbocycles. The predicted octanol–water partition coefficient (Wildman–Crippen LogP) is -8.02. The zero-order valence-electron chi connectivity index (χ0n) is 14.5. The van der Waals surface area contributed by atoms with Crippen LogP contribution >= 0.6 is 0 Å². The molecule has 0 aliphatic rings. The van der Waals surface area contributed by atoms with Gasteiger partial charge in [0.05, 0.1) is 84.6 Å². The second-order valence-corrected chi connectivity index (χ2v) is 8.05. The summed E-state index contributed by atoms with van der Waals surface area (Å²) in [6.45, 7) is 0. The molecule has 0 saturated heterocycles. The lowest BCUT2D eigenvalue weighted by atomic mass is 10.8. The van der Waals surface area contributed by atoms with Crippen molar-refractivity contribution in [3.8, 4) is 0 Å². The zero-order valence-corrected chi connectivity index (χ0v) is 16.8. The summed E-state index contributed by atoms with van der Waals surface area (Å²) in [6.07, 6.45) is 0. The lowest BCUT2D eigenvalue weighted by Gasteiger charge is -2.14. The first-order valence-electron chi connectivity index (χ1n) is 5.37. The summed E-state index contributed by atoms with van der Waals surface area (Å²) in [5.74, 6) is 0. The Balaban J connectivity index is -0.0000000277. The summed E-state index contributed by atoms with van der Waals surface area (Å²) in [7, 11) is 25.5. The second-order valence-electron chi connectivity index (χ2n) is 8.05. The molecule has 0 radical (unpaired) electrons. The first kappa shape index (κ1) is 36.3. The molecular weight excluding hydrogens is 321 g/mol. The summed E-state index contributed by atoms with van der Waals surface area (Å²) >= 11 is 0. The molecule has 0 fully saturated rings. The normalized spacial score (nSPS) is 10.0. The molecule has 0 amide bonds. The maximum Gasteiger partial charge on any atom is 0.0675 e. The lowest BCUT2D eigenvalue weighted by molar-refractivity contribution is -0.849. The van der Waals surface area contributed by atoms with Crippen LogP contribution in [0, 0.1) is 0 Å². The van der Waals surface area contributed by atoms with Gasteiger partial charge in [-0.15, -0.1) is 0 Å². The van der Waals surface area contributed by atoms with Crippen LogP contribution in [0.3, 0.4) is 0 Å². The quantitative estimate of drug-likeness (QED) is 0.378. The van der Waals surface area contributed by atoms with Crippen LogP contribution in [-0.4, -0.2) is 98.0 Å². The van der Waals surface area contributed by atoms with Crippen LogP contribution in [0.15, 0.2) is 0 Å². The molecule has 0 bridgehead atoms. The molecule has 3 nitrogen and oxygen atoms in total. The van der Waals surface area contributed by atoms with E-state index in [1.54, 1.807) is 0 Å². The lowest BCUT2D eigenvalue weighted by Crippen LogP contribution is -3.00. The minimum absolute atomic E-state index is 0. The highest BCUT2D eigenvalue weighted by atomic mass is 79.9. The molecule has 0 aromatic rings. The van der Waals surface area contributed by atoms with Gasteiger partial charge in [-0.1, -0.05) is 0 Å². The first-order chi connectivity index (χ1) is 6.00. The van der Waals surface area contributed by atoms with Crippen molar-refractivity contribution in [3.63, 3.8) is 0 Å². The Bertz CT molecular complexity index is 102. The van der Waals surface area contributed by atoms with E-state index in [-0.39, 0.29) is 34.1 Å². The van der Waals surface area contributed by atoms with Gasteiger partial charge >= 0.3 is 0 Å². The summed E-state index contributed by atoms with van der Waals surface area (Å²) in [5, 5.41) is 0. The molecule has 0 unspecified atom stereocenters. The Kier molecular flexibility index (Phi) is 28.2. The van der Waals surface area contributed by atoms with Crippen LogP contribution in [-0.2, 0) is 0 Å². The van der Waals surface area contributed by atoms with Gasteiger partial charge in [-0.3, -0.25) is 0 Å². The minimum Gasteiger partial charge on any atom is -1.00 e. The SMILES string of the molecule is C[N+](C)(C)C.C[N+](C)(C)C.C[N+](C)(C)C.[Br-].[Cl-].[F-]. The fourth-order valence-corrected chi connectivity index (χ4v) is 0. The van der Waals surface area contributed by atoms with Gasteiger partial charge in [0.2, 0.25) is 0 Å². The summed E-state index contributed by atoms with van der Waals surface area (Å²) < 4.78 is 3.00. The van der Waals surface area contributed by atoms with Crippen molar-refractivity contribution in [1.82, 2.24) is 0 Å². The highest BCUT2D eigenvalue weighted by molar-refractivity contribution is 3.88. The topological polar surface area (TPSA) is 0 Å². The maximum absolute atomic E-state index is 2.12. The van der Waals surface area contributed by atoms with Crippen LogP contribution in [0.5, 0.6) is 0 Å². The van der Waals surface area contributed by atoms with E-state index in [0.29, 0.717) is 0 Å². The van der Waals surface area contributed by atoms with E-state index in [2.05, 4.69) is 84.6 Å². The van der Waals surface area contributed by atoms with E-state index < -0.39 is 0 Å². The number of rotatable bonds is 0. The largest absolute Gasteiger partial charge is 1.00 e. The van der Waals surface area contributed by atoms with E-state index in [1.807, 2.05) is 0 Å². The Morgan fingerprint density at radius 3 is 0.389 bits per heavy atom. The molecule has 0 N–H and O–H groups in total. The smallest absolute Gasteiger partial charge is 0.0675 e. The van der Waals surface area contributed by atoms with Gasteiger partial charge in [-0.05, 0) is 0 Å². The molecule has 0 rings (SSSR count). The summed E-state index contributed by atoms with van der Waals surface area (Å²) in [4.78, 5) is 0. The maximum atomic E-state index is 2.12. The Morgan fingerprint density at radius 2 is 0.389 bits per heavy atom. The molecule has 0 aliphatic heterocycles. The van der Waals surface area contributed by atoms with Crippen molar-refractivity contribution in [2.45, 2.75) is 0 Å². The van der Waals surface area contributed by atoms with Crippen molar-refractivity contribution in [2.24, 2.45) is 0 Å². The molecule has 6 heteroatoms. The van der Waals surface area contributed by atoms with Gasteiger partial charge in [0.25, 0.3) is 0 Å². The molecule has 18 heavy (non-hydrogen) atoms. The summed E-state index contributed by atoms with van der Waals surface area (Å²) in [6, 6.07) is 0. The Labute approximate surface area is 132 Å². The van der Waals surface area contributed by atoms with E-state index >= 15 is 0 Å². The van der Waals surface area contributed by atoms with Gasteiger partial charge in [0, 0.05) is 0 Å². The van der Waals surface area contributed by atoms with E-state index in [4.69, 9.17) is 0 Å². The number of halogens is 3. The fourth-order valence-electron chi connectivity index (χ4n) is 0. The number of hydrogen-bond acceptors (Lipinski definition) is 0. The average Bonchev–Trinajstić information content (AvgIpc) is 1.41. The van der Waals surface area contributed by atoms with Gasteiger partial charge < -0.3 is 47.5 Å². The highest BCUT2D eigenvalue weighted by Crippen LogP contribution is 1.74. The standard InChI is InChI=1S/3C4H12N.BrH.ClH.FH/c3*1-5(2,3)4;;;/h3*1-4H3;3*1H/q3*+1;;;/p-3. The molecule has 0 heterocycles. The second kappa shape index (κ2) is 14.0. The molecule has 0 saturated carbocycles. The van der Waals surface area contributed by atoms with Gasteiger partial charge in [-0.2, -0.15) is 0 Å². The van der Waals surface area contributed by atoms with Crippen molar-refractivity contribution in [3.05, 3.63) is 0 Å². The molecule has 120 valence electrons. The van der Waals surface area contributed by atoms with Crippen molar-refractivity contribution >= 4 is 0 Å². The minimum atomic E-state index is 0. The van der Waals surface area contributed by atoms with Crippen LogP contribution in [0.4, 0.5) is 0 Å². The van der Waals surface area contributed by atoms with Crippen LogP contribution in [0.25, 0.3) is 0 Å². The zero-order chi connectivity index (χ0) is 13.5. The monoisotopic (exact) mass is 355 g/mol. The third kappa shape index (κ3) is 12000. The van der Waals surface area contributed by atoms with E-state index in [0.717, 1.165) is 13.4 Å². The predicted molar refractivity (Wildman–Crippen MR) is 71.9 cm³/mol. The highest BCUT2D eigenvalue weighted by Gasteiger charge is 1.89. The Hall–Kier alpha value is 0.580. The first-order valence-corrected chi connectivity index (χ1v) is 5.37. The third-order valence-electron chi connectivity index (χ3n) is 0. The van der Waals surface area contributed by atoms with Gasteiger partial charge in [0.15, 0.2) is 0 Å². The van der Waals surface area contributed by atoms with Crippen LogP contribution in [0.2, 0.25) is 0 Å². The molecule has 0 atom stereocenters. The van der Waals surface area contributed by atoms with Crippen LogP contribution < -0.4 is 34.1 Å². The summed E-state index contributed by atoms with van der Waals surface area (Å²) in [5.41, 5.74) is 0. The Morgan fingerprint density at radius 1 is 0.389 bits per heavy atom. The van der Waals surface area contributed by atoms with Crippen LogP contribution in [0.1, 0.15) is 0 Å². The fraction of sp³-hybridized carbons (Fsp3) is 1.00. The third-order valence-corrected chi connectivity index (χ3v) is 0. The number of quaternary nitrogens is 3. The van der Waals surface area contributed by atoms with E-state index in [9.17, 15) is 0 Å². The van der Waals surface area contributed by atoms with Crippen molar-refractivity contribution in [2.75, 3.05) is 84.6 Å².